The lowest BCUT2D eigenvalue weighted by atomic mass is 10.3. The lowest BCUT2D eigenvalue weighted by Crippen LogP contribution is -2.30. The van der Waals surface area contributed by atoms with E-state index in [1.165, 1.54) is 17.1 Å². The SMILES string of the molecule is Cc1cccc(CN(C)S(=O)(=O)CCCNC2CC2)n1. The van der Waals surface area contributed by atoms with E-state index in [0.29, 0.717) is 19.0 Å². The molecule has 1 fully saturated rings. The van der Waals surface area contributed by atoms with Gasteiger partial charge in [0.05, 0.1) is 18.0 Å². The zero-order chi connectivity index (χ0) is 14.6. The van der Waals surface area contributed by atoms with Gasteiger partial charge in [0.15, 0.2) is 0 Å². The van der Waals surface area contributed by atoms with Crippen molar-refractivity contribution in [1.82, 2.24) is 14.6 Å². The number of nitrogens with zero attached hydrogens (tertiary/aromatic N) is 2. The first-order chi connectivity index (χ1) is 9.47. The molecule has 1 aliphatic carbocycles. The number of sulfonamides is 1. The molecular weight excluding hydrogens is 274 g/mol. The molecule has 0 bridgehead atoms. The van der Waals surface area contributed by atoms with Crippen molar-refractivity contribution in [3.8, 4) is 0 Å². The molecule has 5 nitrogen and oxygen atoms in total. The second-order valence-electron chi connectivity index (χ2n) is 5.42. The summed E-state index contributed by atoms with van der Waals surface area (Å²) in [6, 6.07) is 6.29. The third-order valence-electron chi connectivity index (χ3n) is 3.39. The number of hydrogen-bond acceptors (Lipinski definition) is 4. The predicted octanol–water partition coefficient (Wildman–Crippen LogP) is 1.29. The lowest BCUT2D eigenvalue weighted by molar-refractivity contribution is 0.459. The smallest absolute Gasteiger partial charge is 0.214 e. The van der Waals surface area contributed by atoms with Crippen LogP contribution in [0, 0.1) is 6.92 Å². The maximum absolute atomic E-state index is 12.2. The Morgan fingerprint density at radius 3 is 2.80 bits per heavy atom. The van der Waals surface area contributed by atoms with E-state index < -0.39 is 10.0 Å². The molecule has 0 aromatic carbocycles. The number of nitrogens with one attached hydrogen (secondary N) is 1. The van der Waals surface area contributed by atoms with E-state index in [-0.39, 0.29) is 5.75 Å². The van der Waals surface area contributed by atoms with E-state index in [0.717, 1.165) is 17.9 Å². The van der Waals surface area contributed by atoms with Gasteiger partial charge in [-0.1, -0.05) is 6.07 Å². The van der Waals surface area contributed by atoms with Gasteiger partial charge in [-0.15, -0.1) is 0 Å². The molecule has 0 spiro atoms. The average molecular weight is 297 g/mol. The molecule has 0 amide bonds. The van der Waals surface area contributed by atoms with Crippen molar-refractivity contribution in [3.05, 3.63) is 29.6 Å². The molecule has 0 saturated heterocycles. The second kappa shape index (κ2) is 6.65. The summed E-state index contributed by atoms with van der Waals surface area (Å²) in [7, 11) is -1.58. The fraction of sp³-hybridized carbons (Fsp3) is 0.643. The molecule has 20 heavy (non-hydrogen) atoms. The van der Waals surface area contributed by atoms with Crippen LogP contribution in [0.2, 0.25) is 0 Å². The summed E-state index contributed by atoms with van der Waals surface area (Å²) in [5, 5.41) is 3.33. The van der Waals surface area contributed by atoms with Crippen molar-refractivity contribution in [2.24, 2.45) is 0 Å². The zero-order valence-electron chi connectivity index (χ0n) is 12.2. The van der Waals surface area contributed by atoms with Gasteiger partial charge in [-0.25, -0.2) is 8.42 Å². The van der Waals surface area contributed by atoms with Crippen LogP contribution < -0.4 is 5.32 Å². The molecule has 0 aliphatic heterocycles. The fourth-order valence-electron chi connectivity index (χ4n) is 2.02. The highest BCUT2D eigenvalue weighted by molar-refractivity contribution is 7.89. The van der Waals surface area contributed by atoms with Gasteiger partial charge in [-0.2, -0.15) is 4.31 Å². The molecule has 0 unspecified atom stereocenters. The van der Waals surface area contributed by atoms with Gasteiger partial charge in [0.25, 0.3) is 0 Å². The van der Waals surface area contributed by atoms with E-state index in [1.807, 2.05) is 25.1 Å². The van der Waals surface area contributed by atoms with E-state index in [2.05, 4.69) is 10.3 Å². The molecule has 1 aromatic heterocycles. The first kappa shape index (κ1) is 15.4. The second-order valence-corrected chi connectivity index (χ2v) is 7.62. The van der Waals surface area contributed by atoms with E-state index in [9.17, 15) is 8.42 Å². The highest BCUT2D eigenvalue weighted by Gasteiger charge is 2.21. The molecule has 0 radical (unpaired) electrons. The van der Waals surface area contributed by atoms with Crippen LogP contribution in [0.4, 0.5) is 0 Å². The minimum atomic E-state index is -3.20. The Balaban J connectivity index is 1.80. The fourth-order valence-corrected chi connectivity index (χ4v) is 3.17. The maximum Gasteiger partial charge on any atom is 0.214 e. The molecule has 1 heterocycles. The molecule has 1 aromatic rings. The van der Waals surface area contributed by atoms with E-state index >= 15 is 0 Å². The summed E-state index contributed by atoms with van der Waals surface area (Å²) in [5.74, 6) is 0.190. The summed E-state index contributed by atoms with van der Waals surface area (Å²) in [4.78, 5) is 4.34. The molecular formula is C14H23N3O2S. The summed E-state index contributed by atoms with van der Waals surface area (Å²) in [5.41, 5.74) is 1.69. The molecule has 2 rings (SSSR count). The van der Waals surface area contributed by atoms with Gasteiger partial charge in [0.1, 0.15) is 0 Å². The Kier molecular flexibility index (Phi) is 5.12. The number of aryl methyl sites for hydroxylation is 1. The molecule has 112 valence electrons. The molecule has 1 saturated carbocycles. The van der Waals surface area contributed by atoms with Crippen LogP contribution in [-0.2, 0) is 16.6 Å². The number of aromatic nitrogens is 1. The van der Waals surface area contributed by atoms with Crippen LogP contribution in [0.3, 0.4) is 0 Å². The Hall–Kier alpha value is -0.980. The molecule has 1 aliphatic rings. The van der Waals surface area contributed by atoms with Gasteiger partial charge in [0.2, 0.25) is 10.0 Å². The van der Waals surface area contributed by atoms with Gasteiger partial charge in [-0.05, 0) is 44.9 Å². The Bertz CT molecular complexity index is 541. The normalized spacial score (nSPS) is 15.8. The summed E-state index contributed by atoms with van der Waals surface area (Å²) >= 11 is 0. The quantitative estimate of drug-likeness (QED) is 0.735. The third-order valence-corrected chi connectivity index (χ3v) is 5.28. The Morgan fingerprint density at radius 2 is 2.15 bits per heavy atom. The summed E-state index contributed by atoms with van der Waals surface area (Å²) in [6.07, 6.45) is 3.11. The van der Waals surface area contributed by atoms with Crippen molar-refractivity contribution in [3.63, 3.8) is 0 Å². The molecule has 6 heteroatoms. The largest absolute Gasteiger partial charge is 0.314 e. The van der Waals surface area contributed by atoms with Crippen molar-refractivity contribution in [1.29, 1.82) is 0 Å². The highest BCUT2D eigenvalue weighted by atomic mass is 32.2. The van der Waals surface area contributed by atoms with Crippen LogP contribution in [0.1, 0.15) is 30.7 Å². The first-order valence-electron chi connectivity index (χ1n) is 7.07. The van der Waals surface area contributed by atoms with E-state index in [4.69, 9.17) is 0 Å². The molecule has 0 atom stereocenters. The Morgan fingerprint density at radius 1 is 1.40 bits per heavy atom. The summed E-state index contributed by atoms with van der Waals surface area (Å²) < 4.78 is 25.7. The van der Waals surface area contributed by atoms with E-state index in [1.54, 1.807) is 7.05 Å². The van der Waals surface area contributed by atoms with Gasteiger partial charge < -0.3 is 5.32 Å². The third kappa shape index (κ3) is 4.85. The maximum atomic E-state index is 12.2. The van der Waals surface area contributed by atoms with Crippen LogP contribution in [-0.4, -0.2) is 43.1 Å². The zero-order valence-corrected chi connectivity index (χ0v) is 13.0. The minimum Gasteiger partial charge on any atom is -0.314 e. The van der Waals surface area contributed by atoms with Crippen LogP contribution >= 0.6 is 0 Å². The van der Waals surface area contributed by atoms with Crippen molar-refractivity contribution in [2.75, 3.05) is 19.3 Å². The average Bonchev–Trinajstić information content (AvgIpc) is 3.19. The monoisotopic (exact) mass is 297 g/mol. The summed E-state index contributed by atoms with van der Waals surface area (Å²) in [6.45, 7) is 3.02. The van der Waals surface area contributed by atoms with Gasteiger partial charge in [0, 0.05) is 18.8 Å². The molecule has 1 N–H and O–H groups in total. The lowest BCUT2D eigenvalue weighted by Gasteiger charge is -2.17. The van der Waals surface area contributed by atoms with Crippen LogP contribution in [0.5, 0.6) is 0 Å². The Labute approximate surface area is 121 Å². The predicted molar refractivity (Wildman–Crippen MR) is 79.9 cm³/mol. The number of hydrogen-bond donors (Lipinski definition) is 1. The standard InChI is InChI=1S/C14H23N3O2S/c1-12-5-3-6-14(16-12)11-17(2)20(18,19)10-4-9-15-13-7-8-13/h3,5-6,13,15H,4,7-11H2,1-2H3. The van der Waals surface area contributed by atoms with Crippen LogP contribution in [0.15, 0.2) is 18.2 Å². The van der Waals surface area contributed by atoms with Crippen molar-refractivity contribution in [2.45, 2.75) is 38.8 Å². The topological polar surface area (TPSA) is 62.3 Å². The first-order valence-corrected chi connectivity index (χ1v) is 8.68. The van der Waals surface area contributed by atoms with Crippen molar-refractivity contribution >= 4 is 10.0 Å². The van der Waals surface area contributed by atoms with Gasteiger partial charge >= 0.3 is 0 Å². The minimum absolute atomic E-state index is 0.190. The van der Waals surface area contributed by atoms with Gasteiger partial charge in [-0.3, -0.25) is 4.98 Å². The van der Waals surface area contributed by atoms with Crippen molar-refractivity contribution < 1.29 is 8.42 Å². The number of rotatable bonds is 8. The number of pyridine rings is 1. The highest BCUT2D eigenvalue weighted by Crippen LogP contribution is 2.18. The van der Waals surface area contributed by atoms with Crippen LogP contribution in [0.25, 0.3) is 0 Å².